The van der Waals surface area contributed by atoms with Crippen molar-refractivity contribution in [3.8, 4) is 11.5 Å². The molecular formula is C13H18Cl2O2. The highest BCUT2D eigenvalue weighted by atomic mass is 35.5. The molecule has 0 N–H and O–H groups in total. The Hall–Kier alpha value is -0.600. The first kappa shape index (κ1) is 14.5. The van der Waals surface area contributed by atoms with Crippen molar-refractivity contribution in [2.75, 3.05) is 13.7 Å². The minimum absolute atomic E-state index is 0.355. The molecule has 0 fully saturated rings. The first-order valence-electron chi connectivity index (χ1n) is 5.63. The second-order valence-electron chi connectivity index (χ2n) is 4.26. The van der Waals surface area contributed by atoms with E-state index in [-0.39, 0.29) is 0 Å². The third-order valence-electron chi connectivity index (χ3n) is 2.40. The SMILES string of the molecule is COc1cc(Cl)cc(CCl)c1OCCC(C)C. The molecule has 1 aromatic rings. The molecule has 0 bridgehead atoms. The van der Waals surface area contributed by atoms with Gasteiger partial charge >= 0.3 is 0 Å². The molecule has 0 radical (unpaired) electrons. The number of alkyl halides is 1. The maximum atomic E-state index is 5.97. The summed E-state index contributed by atoms with van der Waals surface area (Å²) in [5.74, 6) is 2.30. The highest BCUT2D eigenvalue weighted by Gasteiger charge is 2.12. The van der Waals surface area contributed by atoms with Crippen molar-refractivity contribution in [2.45, 2.75) is 26.1 Å². The Balaban J connectivity index is 2.87. The molecule has 0 aliphatic carbocycles. The number of hydrogen-bond acceptors (Lipinski definition) is 2. The third-order valence-corrected chi connectivity index (χ3v) is 2.91. The van der Waals surface area contributed by atoms with Crippen molar-refractivity contribution in [2.24, 2.45) is 5.92 Å². The summed E-state index contributed by atoms with van der Waals surface area (Å²) in [6.45, 7) is 4.97. The molecule has 0 saturated carbocycles. The Morgan fingerprint density at radius 3 is 2.53 bits per heavy atom. The van der Waals surface area contributed by atoms with Gasteiger partial charge in [0.15, 0.2) is 11.5 Å². The molecule has 2 nitrogen and oxygen atoms in total. The molecule has 0 aromatic heterocycles. The quantitative estimate of drug-likeness (QED) is 0.712. The van der Waals surface area contributed by atoms with Crippen LogP contribution < -0.4 is 9.47 Å². The maximum absolute atomic E-state index is 5.97. The molecule has 4 heteroatoms. The van der Waals surface area contributed by atoms with E-state index in [0.29, 0.717) is 34.9 Å². The van der Waals surface area contributed by atoms with Crippen LogP contribution in [-0.4, -0.2) is 13.7 Å². The lowest BCUT2D eigenvalue weighted by Gasteiger charge is -2.15. The fourth-order valence-corrected chi connectivity index (χ4v) is 1.86. The molecule has 17 heavy (non-hydrogen) atoms. The van der Waals surface area contributed by atoms with E-state index in [0.717, 1.165) is 12.0 Å². The van der Waals surface area contributed by atoms with Crippen molar-refractivity contribution in [3.63, 3.8) is 0 Å². The van der Waals surface area contributed by atoms with E-state index in [4.69, 9.17) is 32.7 Å². The van der Waals surface area contributed by atoms with Crippen LogP contribution in [0.5, 0.6) is 11.5 Å². The van der Waals surface area contributed by atoms with Gasteiger partial charge in [0.1, 0.15) is 0 Å². The topological polar surface area (TPSA) is 18.5 Å². The molecule has 0 aliphatic heterocycles. The van der Waals surface area contributed by atoms with Gasteiger partial charge in [-0.15, -0.1) is 11.6 Å². The normalized spacial score (nSPS) is 10.7. The highest BCUT2D eigenvalue weighted by Crippen LogP contribution is 2.35. The number of methoxy groups -OCH3 is 1. The van der Waals surface area contributed by atoms with Crippen LogP contribution in [0.25, 0.3) is 0 Å². The Labute approximate surface area is 113 Å². The standard InChI is InChI=1S/C13H18Cl2O2/c1-9(2)4-5-17-13-10(8-14)6-11(15)7-12(13)16-3/h6-7,9H,4-5,8H2,1-3H3. The lowest BCUT2D eigenvalue weighted by molar-refractivity contribution is 0.271. The van der Waals surface area contributed by atoms with Gasteiger partial charge in [0.2, 0.25) is 0 Å². The monoisotopic (exact) mass is 276 g/mol. The third kappa shape index (κ3) is 4.29. The molecule has 0 atom stereocenters. The van der Waals surface area contributed by atoms with Crippen molar-refractivity contribution >= 4 is 23.2 Å². The van der Waals surface area contributed by atoms with E-state index in [1.54, 1.807) is 13.2 Å². The summed E-state index contributed by atoms with van der Waals surface area (Å²) in [7, 11) is 1.60. The first-order valence-corrected chi connectivity index (χ1v) is 6.55. The number of ether oxygens (including phenoxy) is 2. The predicted octanol–water partition coefficient (Wildman–Crippen LogP) is 4.51. The van der Waals surface area contributed by atoms with E-state index in [2.05, 4.69) is 13.8 Å². The zero-order valence-corrected chi connectivity index (χ0v) is 11.9. The molecule has 0 spiro atoms. The van der Waals surface area contributed by atoms with Gasteiger partial charge in [0.05, 0.1) is 19.6 Å². The van der Waals surface area contributed by atoms with E-state index in [1.807, 2.05) is 6.07 Å². The fraction of sp³-hybridized carbons (Fsp3) is 0.538. The van der Waals surface area contributed by atoms with Crippen molar-refractivity contribution < 1.29 is 9.47 Å². The van der Waals surface area contributed by atoms with E-state index in [1.165, 1.54) is 0 Å². The van der Waals surface area contributed by atoms with Gasteiger partial charge in [-0.3, -0.25) is 0 Å². The number of rotatable bonds is 6. The van der Waals surface area contributed by atoms with E-state index >= 15 is 0 Å². The summed E-state index contributed by atoms with van der Waals surface area (Å²) in [6.07, 6.45) is 0.994. The average Bonchev–Trinajstić information content (AvgIpc) is 2.29. The van der Waals surface area contributed by atoms with Crippen molar-refractivity contribution in [1.29, 1.82) is 0 Å². The second-order valence-corrected chi connectivity index (χ2v) is 4.96. The van der Waals surface area contributed by atoms with Crippen LogP contribution in [0.1, 0.15) is 25.8 Å². The summed E-state index contributed by atoms with van der Waals surface area (Å²) in [5, 5.41) is 0.605. The summed E-state index contributed by atoms with van der Waals surface area (Å²) in [4.78, 5) is 0. The van der Waals surface area contributed by atoms with E-state index in [9.17, 15) is 0 Å². The van der Waals surface area contributed by atoms with Gasteiger partial charge in [-0.25, -0.2) is 0 Å². The molecule has 0 amide bonds. The van der Waals surface area contributed by atoms with Crippen molar-refractivity contribution in [3.05, 3.63) is 22.7 Å². The molecule has 0 aliphatic rings. The Morgan fingerprint density at radius 2 is 2.00 bits per heavy atom. The van der Waals surface area contributed by atoms with Crippen LogP contribution in [0.3, 0.4) is 0 Å². The summed E-state index contributed by atoms with van der Waals surface area (Å²) >= 11 is 11.9. The lowest BCUT2D eigenvalue weighted by atomic mass is 10.1. The molecule has 0 saturated heterocycles. The van der Waals surface area contributed by atoms with Gasteiger partial charge in [-0.05, 0) is 18.4 Å². The summed E-state index contributed by atoms with van der Waals surface area (Å²) in [5.41, 5.74) is 0.861. The van der Waals surface area contributed by atoms with Crippen LogP contribution in [0.2, 0.25) is 5.02 Å². The van der Waals surface area contributed by atoms with E-state index < -0.39 is 0 Å². The molecule has 1 aromatic carbocycles. The summed E-state index contributed by atoms with van der Waals surface area (Å²) in [6, 6.07) is 3.55. The Bertz CT molecular complexity index is 339. The zero-order valence-electron chi connectivity index (χ0n) is 10.4. The van der Waals surface area contributed by atoms with Gasteiger partial charge in [-0.2, -0.15) is 0 Å². The van der Waals surface area contributed by atoms with Crippen LogP contribution in [-0.2, 0) is 5.88 Å². The van der Waals surface area contributed by atoms with Crippen LogP contribution in [0.15, 0.2) is 12.1 Å². The molecule has 1 rings (SSSR count). The molecule has 0 unspecified atom stereocenters. The number of benzene rings is 1. The minimum atomic E-state index is 0.355. The molecule has 0 heterocycles. The highest BCUT2D eigenvalue weighted by molar-refractivity contribution is 6.31. The average molecular weight is 277 g/mol. The first-order chi connectivity index (χ1) is 8.08. The minimum Gasteiger partial charge on any atom is -0.493 e. The number of halogens is 2. The lowest BCUT2D eigenvalue weighted by Crippen LogP contribution is -2.04. The Kier molecular flexibility index (Phi) is 5.93. The van der Waals surface area contributed by atoms with Crippen LogP contribution in [0, 0.1) is 5.92 Å². The fourth-order valence-electron chi connectivity index (χ4n) is 1.43. The molecule has 96 valence electrons. The summed E-state index contributed by atoms with van der Waals surface area (Å²) < 4.78 is 11.0. The zero-order chi connectivity index (χ0) is 12.8. The van der Waals surface area contributed by atoms with Gasteiger partial charge in [-0.1, -0.05) is 25.4 Å². The number of hydrogen-bond donors (Lipinski definition) is 0. The Morgan fingerprint density at radius 1 is 1.29 bits per heavy atom. The second kappa shape index (κ2) is 6.97. The molecular weight excluding hydrogens is 259 g/mol. The smallest absolute Gasteiger partial charge is 0.165 e. The van der Waals surface area contributed by atoms with Crippen molar-refractivity contribution in [1.82, 2.24) is 0 Å². The maximum Gasteiger partial charge on any atom is 0.165 e. The van der Waals surface area contributed by atoms with Crippen LogP contribution >= 0.6 is 23.2 Å². The van der Waals surface area contributed by atoms with Gasteiger partial charge < -0.3 is 9.47 Å². The van der Waals surface area contributed by atoms with Crippen LogP contribution in [0.4, 0.5) is 0 Å². The predicted molar refractivity (Wildman–Crippen MR) is 72.5 cm³/mol. The van der Waals surface area contributed by atoms with Gasteiger partial charge in [0, 0.05) is 16.7 Å². The largest absolute Gasteiger partial charge is 0.493 e. The van der Waals surface area contributed by atoms with Gasteiger partial charge in [0.25, 0.3) is 0 Å².